The van der Waals surface area contributed by atoms with E-state index in [4.69, 9.17) is 10.5 Å². The molecule has 0 radical (unpaired) electrons. The van der Waals surface area contributed by atoms with Crippen LogP contribution in [0, 0.1) is 5.92 Å². The first-order chi connectivity index (χ1) is 8.77. The van der Waals surface area contributed by atoms with Crippen molar-refractivity contribution in [3.63, 3.8) is 0 Å². The maximum Gasteiger partial charge on any atom is 0.241 e. The van der Waals surface area contributed by atoms with E-state index in [9.17, 15) is 4.79 Å². The number of benzene rings is 1. The number of carbonyl (C=O) groups is 1. The minimum absolute atomic E-state index is 0.111. The molecule has 18 heavy (non-hydrogen) atoms. The minimum atomic E-state index is -0.578. The summed E-state index contributed by atoms with van der Waals surface area (Å²) in [6.07, 6.45) is 2.06. The van der Waals surface area contributed by atoms with Gasteiger partial charge in [-0.3, -0.25) is 4.79 Å². The lowest BCUT2D eigenvalue weighted by molar-refractivity contribution is -0.122. The second-order valence-corrected chi connectivity index (χ2v) is 4.70. The van der Waals surface area contributed by atoms with Crippen molar-refractivity contribution < 1.29 is 9.53 Å². The highest BCUT2D eigenvalue weighted by atomic mass is 16.5. The van der Waals surface area contributed by atoms with Crippen molar-refractivity contribution in [2.75, 3.05) is 19.8 Å². The first-order valence-electron chi connectivity index (χ1n) is 6.43. The van der Waals surface area contributed by atoms with Gasteiger partial charge in [0.05, 0.1) is 0 Å². The SMILES string of the molecule is N[C@H](C(=O)NCCC1CCOC1)c1ccccc1. The van der Waals surface area contributed by atoms with E-state index in [2.05, 4.69) is 5.32 Å². The van der Waals surface area contributed by atoms with Crippen molar-refractivity contribution in [2.45, 2.75) is 18.9 Å². The van der Waals surface area contributed by atoms with E-state index in [0.29, 0.717) is 12.5 Å². The van der Waals surface area contributed by atoms with Gasteiger partial charge in [0.1, 0.15) is 6.04 Å². The van der Waals surface area contributed by atoms with Crippen molar-refractivity contribution in [3.8, 4) is 0 Å². The largest absolute Gasteiger partial charge is 0.381 e. The molecule has 98 valence electrons. The summed E-state index contributed by atoms with van der Waals surface area (Å²) in [6, 6.07) is 8.85. The molecule has 0 aliphatic carbocycles. The number of ether oxygens (including phenoxy) is 1. The average Bonchev–Trinajstić information content (AvgIpc) is 2.92. The molecule has 4 heteroatoms. The van der Waals surface area contributed by atoms with Crippen LogP contribution in [-0.4, -0.2) is 25.7 Å². The normalized spacial score (nSPS) is 20.6. The Morgan fingerprint density at radius 2 is 2.22 bits per heavy atom. The summed E-state index contributed by atoms with van der Waals surface area (Å²) in [5, 5.41) is 2.89. The summed E-state index contributed by atoms with van der Waals surface area (Å²) < 4.78 is 5.29. The zero-order chi connectivity index (χ0) is 12.8. The van der Waals surface area contributed by atoms with Gasteiger partial charge in [-0.25, -0.2) is 0 Å². The Balaban J connectivity index is 1.74. The van der Waals surface area contributed by atoms with Gasteiger partial charge in [0.25, 0.3) is 0 Å². The van der Waals surface area contributed by atoms with Gasteiger partial charge in [0.15, 0.2) is 0 Å². The fourth-order valence-corrected chi connectivity index (χ4v) is 2.13. The Labute approximate surface area is 108 Å². The first kappa shape index (κ1) is 13.1. The second kappa shape index (κ2) is 6.52. The van der Waals surface area contributed by atoms with Gasteiger partial charge < -0.3 is 15.8 Å². The molecule has 0 bridgehead atoms. The van der Waals surface area contributed by atoms with E-state index in [1.807, 2.05) is 30.3 Å². The number of hydrogen-bond acceptors (Lipinski definition) is 3. The zero-order valence-corrected chi connectivity index (χ0v) is 10.5. The van der Waals surface area contributed by atoms with Crippen LogP contribution >= 0.6 is 0 Å². The van der Waals surface area contributed by atoms with E-state index in [1.165, 1.54) is 0 Å². The molecule has 1 aromatic carbocycles. The third kappa shape index (κ3) is 3.55. The van der Waals surface area contributed by atoms with Crippen LogP contribution in [0.4, 0.5) is 0 Å². The number of nitrogens with one attached hydrogen (secondary N) is 1. The molecule has 1 aromatic rings. The van der Waals surface area contributed by atoms with Crippen LogP contribution in [0.5, 0.6) is 0 Å². The first-order valence-corrected chi connectivity index (χ1v) is 6.43. The van der Waals surface area contributed by atoms with Gasteiger partial charge in [0.2, 0.25) is 5.91 Å². The van der Waals surface area contributed by atoms with E-state index < -0.39 is 6.04 Å². The van der Waals surface area contributed by atoms with E-state index >= 15 is 0 Å². The van der Waals surface area contributed by atoms with Gasteiger partial charge in [-0.05, 0) is 24.3 Å². The number of rotatable bonds is 5. The molecule has 4 nitrogen and oxygen atoms in total. The summed E-state index contributed by atoms with van der Waals surface area (Å²) in [4.78, 5) is 11.8. The fourth-order valence-electron chi connectivity index (χ4n) is 2.13. The summed E-state index contributed by atoms with van der Waals surface area (Å²) in [5.41, 5.74) is 6.74. The molecular weight excluding hydrogens is 228 g/mol. The Hall–Kier alpha value is -1.39. The number of amides is 1. The smallest absolute Gasteiger partial charge is 0.241 e. The zero-order valence-electron chi connectivity index (χ0n) is 10.5. The van der Waals surface area contributed by atoms with Crippen LogP contribution < -0.4 is 11.1 Å². The molecule has 1 saturated heterocycles. The quantitative estimate of drug-likeness (QED) is 0.823. The maximum atomic E-state index is 11.8. The van der Waals surface area contributed by atoms with Crippen LogP contribution in [0.25, 0.3) is 0 Å². The Kier molecular flexibility index (Phi) is 4.73. The Morgan fingerprint density at radius 1 is 1.44 bits per heavy atom. The average molecular weight is 248 g/mol. The number of nitrogens with two attached hydrogens (primary N) is 1. The molecule has 2 atom stereocenters. The third-order valence-electron chi connectivity index (χ3n) is 3.32. The molecule has 0 saturated carbocycles. The molecule has 1 unspecified atom stereocenters. The molecular formula is C14H20N2O2. The van der Waals surface area contributed by atoms with Crippen LogP contribution in [0.1, 0.15) is 24.4 Å². The summed E-state index contributed by atoms with van der Waals surface area (Å²) in [5.74, 6) is 0.471. The van der Waals surface area contributed by atoms with E-state index in [1.54, 1.807) is 0 Å². The molecule has 1 amide bonds. The number of carbonyl (C=O) groups excluding carboxylic acids is 1. The lowest BCUT2D eigenvalue weighted by Crippen LogP contribution is -2.35. The maximum absolute atomic E-state index is 11.8. The molecule has 0 spiro atoms. The summed E-state index contributed by atoms with van der Waals surface area (Å²) in [7, 11) is 0. The van der Waals surface area contributed by atoms with Crippen molar-refractivity contribution in [1.82, 2.24) is 5.32 Å². The van der Waals surface area contributed by atoms with Crippen LogP contribution in [0.15, 0.2) is 30.3 Å². The van der Waals surface area contributed by atoms with E-state index in [0.717, 1.165) is 31.6 Å². The minimum Gasteiger partial charge on any atom is -0.381 e. The predicted molar refractivity (Wildman–Crippen MR) is 69.9 cm³/mol. The standard InChI is InChI=1S/C14H20N2O2/c15-13(12-4-2-1-3-5-12)14(17)16-8-6-11-7-9-18-10-11/h1-5,11,13H,6-10,15H2,(H,16,17)/t11?,13-/m0/s1. The molecule has 1 fully saturated rings. The molecule has 3 N–H and O–H groups in total. The third-order valence-corrected chi connectivity index (χ3v) is 3.32. The highest BCUT2D eigenvalue weighted by Gasteiger charge is 2.17. The summed E-state index contributed by atoms with van der Waals surface area (Å²) >= 11 is 0. The fraction of sp³-hybridized carbons (Fsp3) is 0.500. The molecule has 0 aromatic heterocycles. The van der Waals surface area contributed by atoms with Crippen LogP contribution in [0.2, 0.25) is 0 Å². The van der Waals surface area contributed by atoms with Crippen molar-refractivity contribution in [2.24, 2.45) is 11.7 Å². The second-order valence-electron chi connectivity index (χ2n) is 4.70. The lowest BCUT2D eigenvalue weighted by atomic mass is 10.0. The Bertz CT molecular complexity index is 375. The van der Waals surface area contributed by atoms with Crippen LogP contribution in [0.3, 0.4) is 0 Å². The van der Waals surface area contributed by atoms with E-state index in [-0.39, 0.29) is 5.91 Å². The summed E-state index contributed by atoms with van der Waals surface area (Å²) in [6.45, 7) is 2.34. The van der Waals surface area contributed by atoms with Crippen LogP contribution in [-0.2, 0) is 9.53 Å². The van der Waals surface area contributed by atoms with Gasteiger partial charge in [-0.1, -0.05) is 30.3 Å². The van der Waals surface area contributed by atoms with Crippen molar-refractivity contribution in [3.05, 3.63) is 35.9 Å². The predicted octanol–water partition coefficient (Wildman–Crippen LogP) is 1.23. The molecule has 1 aliphatic rings. The van der Waals surface area contributed by atoms with Gasteiger partial charge in [-0.2, -0.15) is 0 Å². The number of hydrogen-bond donors (Lipinski definition) is 2. The van der Waals surface area contributed by atoms with Gasteiger partial charge in [-0.15, -0.1) is 0 Å². The topological polar surface area (TPSA) is 64.4 Å². The Morgan fingerprint density at radius 3 is 2.89 bits per heavy atom. The lowest BCUT2D eigenvalue weighted by Gasteiger charge is -2.13. The highest BCUT2D eigenvalue weighted by molar-refractivity contribution is 5.82. The van der Waals surface area contributed by atoms with Crippen molar-refractivity contribution >= 4 is 5.91 Å². The highest BCUT2D eigenvalue weighted by Crippen LogP contribution is 2.15. The van der Waals surface area contributed by atoms with Crippen molar-refractivity contribution in [1.29, 1.82) is 0 Å². The van der Waals surface area contributed by atoms with Gasteiger partial charge in [0, 0.05) is 19.8 Å². The van der Waals surface area contributed by atoms with Gasteiger partial charge >= 0.3 is 0 Å². The molecule has 2 rings (SSSR count). The molecule has 1 heterocycles. The monoisotopic (exact) mass is 248 g/mol. The molecule has 1 aliphatic heterocycles.